The molecule has 0 radical (unpaired) electrons. The molecule has 0 aliphatic carbocycles. The molecule has 0 fully saturated rings. The third-order valence-electron chi connectivity index (χ3n) is 3.61. The summed E-state index contributed by atoms with van der Waals surface area (Å²) in [5.41, 5.74) is 7.21. The van der Waals surface area contributed by atoms with E-state index in [9.17, 15) is 9.59 Å². The zero-order valence-corrected chi connectivity index (χ0v) is 14.5. The number of amides is 2. The summed E-state index contributed by atoms with van der Waals surface area (Å²) in [6, 6.07) is 14.5. The number of nitrogens with two attached hydrogens (primary N) is 1. The minimum atomic E-state index is -0.492. The molecule has 25 heavy (non-hydrogen) atoms. The highest BCUT2D eigenvalue weighted by Crippen LogP contribution is 2.22. The zero-order valence-electron chi connectivity index (χ0n) is 13.7. The Morgan fingerprint density at radius 3 is 2.56 bits per heavy atom. The molecule has 3 N–H and O–H groups in total. The van der Waals surface area contributed by atoms with Crippen molar-refractivity contribution >= 4 is 39.1 Å². The highest BCUT2D eigenvalue weighted by molar-refractivity contribution is 7.18. The van der Waals surface area contributed by atoms with Crippen LogP contribution in [0.4, 0.5) is 5.69 Å². The number of nitrogens with one attached hydrogen (secondary N) is 1. The summed E-state index contributed by atoms with van der Waals surface area (Å²) >= 11 is 1.63. The van der Waals surface area contributed by atoms with Gasteiger partial charge in [0, 0.05) is 11.3 Å². The molecule has 0 aliphatic heterocycles. The molecule has 3 aromatic rings. The lowest BCUT2D eigenvalue weighted by Crippen LogP contribution is -2.29. The van der Waals surface area contributed by atoms with Gasteiger partial charge < -0.3 is 11.1 Å². The van der Waals surface area contributed by atoms with Crippen molar-refractivity contribution in [3.05, 3.63) is 59.1 Å². The van der Waals surface area contributed by atoms with E-state index in [2.05, 4.69) is 10.3 Å². The highest BCUT2D eigenvalue weighted by atomic mass is 32.1. The molecular formula is C18H18N4O2S. The average molecular weight is 354 g/mol. The first-order valence-electron chi connectivity index (χ1n) is 7.74. The molecule has 0 atom stereocenters. The van der Waals surface area contributed by atoms with Gasteiger partial charge in [-0.05, 0) is 43.4 Å². The van der Waals surface area contributed by atoms with Gasteiger partial charge in [-0.1, -0.05) is 12.1 Å². The number of primary amides is 1. The van der Waals surface area contributed by atoms with E-state index >= 15 is 0 Å². The number of fused-ring (bicyclic) bond motifs is 1. The Balaban J connectivity index is 1.55. The number of likely N-dealkylation sites (N-methyl/N-ethyl adjacent to an activating group) is 1. The van der Waals surface area contributed by atoms with Gasteiger partial charge in [-0.25, -0.2) is 4.98 Å². The van der Waals surface area contributed by atoms with E-state index in [-0.39, 0.29) is 12.5 Å². The molecule has 2 amide bonds. The van der Waals surface area contributed by atoms with Crippen molar-refractivity contribution < 1.29 is 9.59 Å². The van der Waals surface area contributed by atoms with Crippen LogP contribution in [-0.4, -0.2) is 35.3 Å². The lowest BCUT2D eigenvalue weighted by Gasteiger charge is -2.14. The number of nitrogens with zero attached hydrogens (tertiary/aromatic N) is 2. The molecule has 0 spiro atoms. The van der Waals surface area contributed by atoms with E-state index in [1.54, 1.807) is 35.6 Å². The first-order chi connectivity index (χ1) is 12.0. The molecule has 7 heteroatoms. The Morgan fingerprint density at radius 2 is 1.88 bits per heavy atom. The summed E-state index contributed by atoms with van der Waals surface area (Å²) in [5, 5.41) is 3.78. The van der Waals surface area contributed by atoms with Crippen LogP contribution in [0.1, 0.15) is 15.4 Å². The molecule has 0 saturated carbocycles. The first-order valence-corrected chi connectivity index (χ1v) is 8.55. The predicted molar refractivity (Wildman–Crippen MR) is 99.5 cm³/mol. The second-order valence-electron chi connectivity index (χ2n) is 5.74. The highest BCUT2D eigenvalue weighted by Gasteiger charge is 2.11. The lowest BCUT2D eigenvalue weighted by molar-refractivity contribution is -0.117. The van der Waals surface area contributed by atoms with Crippen LogP contribution < -0.4 is 11.1 Å². The van der Waals surface area contributed by atoms with E-state index in [0.717, 1.165) is 15.2 Å². The Hall–Kier alpha value is -2.77. The SMILES string of the molecule is CN(CC(=O)Nc1ccc(C(N)=O)cc1)Cc1nc2ccccc2s1. The largest absolute Gasteiger partial charge is 0.366 e. The number of thiazole rings is 1. The average Bonchev–Trinajstić information content (AvgIpc) is 2.97. The Kier molecular flexibility index (Phi) is 5.06. The van der Waals surface area contributed by atoms with Crippen molar-refractivity contribution in [2.24, 2.45) is 5.73 Å². The minimum absolute atomic E-state index is 0.129. The minimum Gasteiger partial charge on any atom is -0.366 e. The maximum atomic E-state index is 12.1. The van der Waals surface area contributed by atoms with Crippen molar-refractivity contribution in [3.63, 3.8) is 0 Å². The van der Waals surface area contributed by atoms with Gasteiger partial charge >= 0.3 is 0 Å². The van der Waals surface area contributed by atoms with E-state index in [4.69, 9.17) is 5.73 Å². The molecule has 1 aromatic heterocycles. The summed E-state index contributed by atoms with van der Waals surface area (Å²) < 4.78 is 1.14. The van der Waals surface area contributed by atoms with Crippen LogP contribution >= 0.6 is 11.3 Å². The van der Waals surface area contributed by atoms with Gasteiger partial charge in [0.15, 0.2) is 0 Å². The fourth-order valence-corrected chi connectivity index (χ4v) is 3.49. The Morgan fingerprint density at radius 1 is 1.16 bits per heavy atom. The van der Waals surface area contributed by atoms with Gasteiger partial charge in [0.1, 0.15) is 5.01 Å². The van der Waals surface area contributed by atoms with Crippen molar-refractivity contribution in [1.82, 2.24) is 9.88 Å². The van der Waals surface area contributed by atoms with Gasteiger partial charge in [-0.3, -0.25) is 14.5 Å². The second kappa shape index (κ2) is 7.42. The maximum Gasteiger partial charge on any atom is 0.248 e. The molecule has 0 unspecified atom stereocenters. The van der Waals surface area contributed by atoms with Gasteiger partial charge in [-0.15, -0.1) is 11.3 Å². The van der Waals surface area contributed by atoms with Crippen LogP contribution in [0.3, 0.4) is 0 Å². The molecule has 1 heterocycles. The third-order valence-corrected chi connectivity index (χ3v) is 4.63. The summed E-state index contributed by atoms with van der Waals surface area (Å²) in [6.07, 6.45) is 0. The third kappa shape index (κ3) is 4.40. The topological polar surface area (TPSA) is 88.3 Å². The number of carbonyl (C=O) groups is 2. The van der Waals surface area contributed by atoms with Gasteiger partial charge in [-0.2, -0.15) is 0 Å². The molecule has 3 rings (SSSR count). The fourth-order valence-electron chi connectivity index (χ4n) is 2.44. The summed E-state index contributed by atoms with van der Waals surface area (Å²) in [4.78, 5) is 29.7. The van der Waals surface area contributed by atoms with E-state index in [0.29, 0.717) is 17.8 Å². The van der Waals surface area contributed by atoms with Crippen molar-refractivity contribution in [1.29, 1.82) is 0 Å². The first kappa shape index (κ1) is 17.1. The lowest BCUT2D eigenvalue weighted by atomic mass is 10.2. The van der Waals surface area contributed by atoms with E-state index < -0.39 is 5.91 Å². The molecule has 128 valence electrons. The van der Waals surface area contributed by atoms with Crippen LogP contribution in [0.25, 0.3) is 10.2 Å². The summed E-state index contributed by atoms with van der Waals surface area (Å²) in [6.45, 7) is 0.848. The van der Waals surface area contributed by atoms with Crippen molar-refractivity contribution in [3.8, 4) is 0 Å². The molecule has 0 bridgehead atoms. The molecule has 0 aliphatic rings. The van der Waals surface area contributed by atoms with E-state index in [1.807, 2.05) is 36.2 Å². The van der Waals surface area contributed by atoms with Crippen LogP contribution in [0.5, 0.6) is 0 Å². The number of para-hydroxylation sites is 1. The summed E-state index contributed by atoms with van der Waals surface area (Å²) in [7, 11) is 1.88. The van der Waals surface area contributed by atoms with Crippen LogP contribution in [0.15, 0.2) is 48.5 Å². The van der Waals surface area contributed by atoms with Crippen LogP contribution in [0.2, 0.25) is 0 Å². The molecule has 6 nitrogen and oxygen atoms in total. The smallest absolute Gasteiger partial charge is 0.248 e. The molecule has 0 saturated heterocycles. The second-order valence-corrected chi connectivity index (χ2v) is 6.85. The van der Waals surface area contributed by atoms with Crippen molar-refractivity contribution in [2.75, 3.05) is 18.9 Å². The number of anilines is 1. The predicted octanol–water partition coefficient (Wildman–Crippen LogP) is 2.47. The van der Waals surface area contributed by atoms with Gasteiger partial charge in [0.2, 0.25) is 11.8 Å². The molecular weight excluding hydrogens is 336 g/mol. The van der Waals surface area contributed by atoms with Crippen LogP contribution in [-0.2, 0) is 11.3 Å². The number of carbonyl (C=O) groups excluding carboxylic acids is 2. The number of hydrogen-bond acceptors (Lipinski definition) is 5. The number of aromatic nitrogens is 1. The normalized spacial score (nSPS) is 11.0. The molecule has 2 aromatic carbocycles. The monoisotopic (exact) mass is 354 g/mol. The Bertz CT molecular complexity index is 872. The van der Waals surface area contributed by atoms with E-state index in [1.165, 1.54) is 0 Å². The van der Waals surface area contributed by atoms with Crippen LogP contribution in [0, 0.1) is 0 Å². The fraction of sp³-hybridized carbons (Fsp3) is 0.167. The number of benzene rings is 2. The quantitative estimate of drug-likeness (QED) is 0.712. The number of hydrogen-bond donors (Lipinski definition) is 2. The van der Waals surface area contributed by atoms with Crippen molar-refractivity contribution in [2.45, 2.75) is 6.54 Å². The number of rotatable bonds is 6. The standard InChI is InChI=1S/C18H18N4O2S/c1-22(11-17-21-14-4-2-3-5-15(14)25-17)10-16(23)20-13-8-6-12(7-9-13)18(19)24/h2-9H,10-11H2,1H3,(H2,19,24)(H,20,23). The summed E-state index contributed by atoms with van der Waals surface area (Å²) in [5.74, 6) is -0.621. The van der Waals surface area contributed by atoms with Gasteiger partial charge in [0.25, 0.3) is 0 Å². The maximum absolute atomic E-state index is 12.1. The van der Waals surface area contributed by atoms with Gasteiger partial charge in [0.05, 0.1) is 23.3 Å². The zero-order chi connectivity index (χ0) is 17.8. The Labute approximate surface area is 149 Å².